The molecule has 4 fully saturated rings. The van der Waals surface area contributed by atoms with Gasteiger partial charge in [0.15, 0.2) is 5.82 Å². The lowest BCUT2D eigenvalue weighted by molar-refractivity contribution is 0.181. The number of piperazine rings is 1. The third-order valence-corrected chi connectivity index (χ3v) is 11.9. The second-order valence-electron chi connectivity index (χ2n) is 14.9. The van der Waals surface area contributed by atoms with Crippen LogP contribution in [0, 0.1) is 30.9 Å². The van der Waals surface area contributed by atoms with Crippen molar-refractivity contribution in [2.75, 3.05) is 38.1 Å². The number of aryl methyl sites for hydroxylation is 3. The molecule has 4 aliphatic rings. The van der Waals surface area contributed by atoms with Crippen molar-refractivity contribution in [2.24, 2.45) is 7.05 Å². The zero-order chi connectivity index (χ0) is 32.9. The molecule has 2 unspecified atom stereocenters. The minimum atomic E-state index is -0.502. The van der Waals surface area contributed by atoms with Gasteiger partial charge in [0, 0.05) is 66.7 Å². The molecule has 9 rings (SSSR count). The van der Waals surface area contributed by atoms with Gasteiger partial charge in [-0.1, -0.05) is 24.1 Å². The Morgan fingerprint density at radius 3 is 2.46 bits per heavy atom. The fourth-order valence-electron chi connectivity index (χ4n) is 9.89. The molecular formula is C39H41F2N7. The number of fused-ring (bicyclic) bond motifs is 7. The molecule has 0 aliphatic carbocycles. The lowest BCUT2D eigenvalue weighted by Gasteiger charge is -2.41. The number of likely N-dealkylation sites (N-methyl/N-ethyl adjacent to an activating group) is 1. The smallest absolute Gasteiger partial charge is 0.159 e. The average molecular weight is 646 g/mol. The normalized spacial score (nSPS) is 22.4. The van der Waals surface area contributed by atoms with E-state index in [1.165, 1.54) is 31.7 Å². The van der Waals surface area contributed by atoms with E-state index in [2.05, 4.69) is 27.7 Å². The van der Waals surface area contributed by atoms with E-state index in [0.717, 1.165) is 67.6 Å². The second kappa shape index (κ2) is 10.9. The Kier molecular flexibility index (Phi) is 6.83. The molecule has 6 heterocycles. The molecular weight excluding hydrogens is 604 g/mol. The van der Waals surface area contributed by atoms with Gasteiger partial charge in [0.05, 0.1) is 10.9 Å². The van der Waals surface area contributed by atoms with Crippen molar-refractivity contribution in [3.05, 3.63) is 59.0 Å². The van der Waals surface area contributed by atoms with E-state index in [1.54, 1.807) is 10.7 Å². The summed E-state index contributed by atoms with van der Waals surface area (Å²) in [7, 11) is 4.04. The number of rotatable bonds is 5. The van der Waals surface area contributed by atoms with Crippen LogP contribution in [-0.4, -0.2) is 80.4 Å². The maximum atomic E-state index is 17.7. The van der Waals surface area contributed by atoms with Gasteiger partial charge >= 0.3 is 0 Å². The van der Waals surface area contributed by atoms with Crippen LogP contribution in [0.3, 0.4) is 0 Å². The van der Waals surface area contributed by atoms with E-state index in [1.807, 2.05) is 32.3 Å². The molecule has 4 saturated heterocycles. The number of nitrogens with zero attached hydrogens (tertiary/aromatic N) is 7. The highest BCUT2D eigenvalue weighted by atomic mass is 19.1. The van der Waals surface area contributed by atoms with Crippen LogP contribution in [0.5, 0.6) is 0 Å². The van der Waals surface area contributed by atoms with Crippen LogP contribution < -0.4 is 4.90 Å². The zero-order valence-corrected chi connectivity index (χ0v) is 28.0. The van der Waals surface area contributed by atoms with E-state index in [9.17, 15) is 0 Å². The van der Waals surface area contributed by atoms with Gasteiger partial charge in [-0.2, -0.15) is 5.10 Å². The van der Waals surface area contributed by atoms with Gasteiger partial charge in [-0.3, -0.25) is 9.58 Å². The monoisotopic (exact) mass is 645 g/mol. The molecule has 48 heavy (non-hydrogen) atoms. The maximum Gasteiger partial charge on any atom is 0.159 e. The highest BCUT2D eigenvalue weighted by Crippen LogP contribution is 2.46. The number of likely N-dealkylation sites (tertiary alicyclic amines) is 1. The first-order chi connectivity index (χ1) is 23.2. The summed E-state index contributed by atoms with van der Waals surface area (Å²) in [6.45, 7) is 6.18. The number of benzene rings is 3. The zero-order valence-electron chi connectivity index (χ0n) is 28.0. The van der Waals surface area contributed by atoms with Gasteiger partial charge in [0.1, 0.15) is 28.5 Å². The Labute approximate surface area is 279 Å². The fourth-order valence-corrected chi connectivity index (χ4v) is 9.89. The molecule has 7 nitrogen and oxygen atoms in total. The minimum absolute atomic E-state index is 0.126. The van der Waals surface area contributed by atoms with Crippen molar-refractivity contribution < 1.29 is 8.78 Å². The quantitative estimate of drug-likeness (QED) is 0.197. The van der Waals surface area contributed by atoms with E-state index < -0.39 is 11.6 Å². The molecule has 0 spiro atoms. The van der Waals surface area contributed by atoms with Crippen molar-refractivity contribution >= 4 is 38.4 Å². The van der Waals surface area contributed by atoms with Gasteiger partial charge in [0.25, 0.3) is 0 Å². The molecule has 2 atom stereocenters. The third kappa shape index (κ3) is 4.41. The molecule has 5 aromatic rings. The molecule has 4 aliphatic heterocycles. The van der Waals surface area contributed by atoms with E-state index in [0.29, 0.717) is 57.3 Å². The van der Waals surface area contributed by atoms with Crippen LogP contribution in [0.15, 0.2) is 30.5 Å². The van der Waals surface area contributed by atoms with Gasteiger partial charge in [-0.25, -0.2) is 18.7 Å². The average Bonchev–Trinajstić information content (AvgIpc) is 3.81. The Hall–Kier alpha value is -4.13. The van der Waals surface area contributed by atoms with Crippen molar-refractivity contribution in [3.63, 3.8) is 0 Å². The summed E-state index contributed by atoms with van der Waals surface area (Å²) in [5, 5.41) is 7.65. The van der Waals surface area contributed by atoms with Crippen LogP contribution in [0.25, 0.3) is 43.7 Å². The molecule has 0 N–H and O–H groups in total. The van der Waals surface area contributed by atoms with Crippen molar-refractivity contribution in [2.45, 2.75) is 75.9 Å². The molecule has 2 bridgehead atoms. The highest BCUT2D eigenvalue weighted by Gasteiger charge is 2.44. The highest BCUT2D eigenvalue weighted by molar-refractivity contribution is 6.18. The van der Waals surface area contributed by atoms with Gasteiger partial charge in [-0.05, 0) is 94.6 Å². The fraction of sp³-hybridized carbons (Fsp3) is 0.462. The van der Waals surface area contributed by atoms with Crippen molar-refractivity contribution in [1.29, 1.82) is 0 Å². The number of hydrogen-bond acceptors (Lipinski definition) is 6. The van der Waals surface area contributed by atoms with Crippen molar-refractivity contribution in [1.82, 2.24) is 29.5 Å². The lowest BCUT2D eigenvalue weighted by atomic mass is 9.88. The van der Waals surface area contributed by atoms with Crippen LogP contribution in [0.4, 0.5) is 14.6 Å². The first kappa shape index (κ1) is 30.0. The summed E-state index contributed by atoms with van der Waals surface area (Å²) >= 11 is 0. The van der Waals surface area contributed by atoms with Gasteiger partial charge in [-0.15, -0.1) is 6.42 Å². The predicted molar refractivity (Wildman–Crippen MR) is 187 cm³/mol. The first-order valence-electron chi connectivity index (χ1n) is 17.5. The first-order valence-corrected chi connectivity index (χ1v) is 17.5. The van der Waals surface area contributed by atoms with Crippen LogP contribution in [0.1, 0.15) is 61.9 Å². The number of anilines is 1. The third-order valence-electron chi connectivity index (χ3n) is 11.9. The number of terminal acetylenes is 1. The molecule has 0 saturated carbocycles. The lowest BCUT2D eigenvalue weighted by Crippen LogP contribution is -2.53. The standard InChI is InChI=1S/C39H41F2N7/c1-5-27-30(40)11-8-24-18-23(2)19-28(32(24)27)33-35(41)37-34(29-22-46(4)44-36(29)33)38(48-25-9-10-26(48)21-45(3)20-25)43-31(42-37)12-15-39-13-6-16-47(39)17-7-14-39/h1,8,11,18-19,22,25-26H,6-7,9-10,12-17,20-21H2,2-4H3. The summed E-state index contributed by atoms with van der Waals surface area (Å²) in [6.07, 6.45) is 16.6. The summed E-state index contributed by atoms with van der Waals surface area (Å²) in [5.74, 6) is 3.13. The molecule has 0 amide bonds. The van der Waals surface area contributed by atoms with Crippen LogP contribution in [-0.2, 0) is 13.5 Å². The molecule has 2 aromatic heterocycles. The van der Waals surface area contributed by atoms with Crippen LogP contribution >= 0.6 is 0 Å². The topological polar surface area (TPSA) is 53.3 Å². The number of hydrogen-bond donors (Lipinski definition) is 0. The maximum absolute atomic E-state index is 17.7. The van der Waals surface area contributed by atoms with E-state index in [-0.39, 0.29) is 11.1 Å². The van der Waals surface area contributed by atoms with E-state index >= 15 is 8.78 Å². The largest absolute Gasteiger partial charge is 0.347 e. The Morgan fingerprint density at radius 1 is 0.979 bits per heavy atom. The second-order valence-corrected chi connectivity index (χ2v) is 14.9. The van der Waals surface area contributed by atoms with Crippen LogP contribution in [0.2, 0.25) is 0 Å². The Bertz CT molecular complexity index is 2160. The summed E-state index contributed by atoms with van der Waals surface area (Å²) in [6, 6.07) is 7.57. The Balaban J connectivity index is 1.32. The predicted octanol–water partition coefficient (Wildman–Crippen LogP) is 6.75. The molecule has 0 radical (unpaired) electrons. The minimum Gasteiger partial charge on any atom is -0.347 e. The van der Waals surface area contributed by atoms with E-state index in [4.69, 9.17) is 21.5 Å². The summed E-state index contributed by atoms with van der Waals surface area (Å²) in [4.78, 5) is 18.0. The Morgan fingerprint density at radius 2 is 1.73 bits per heavy atom. The molecule has 3 aromatic carbocycles. The summed E-state index contributed by atoms with van der Waals surface area (Å²) < 4.78 is 34.7. The SMILES string of the molecule is C#Cc1c(F)ccc2cc(C)cc(-c3c(F)c4nc(CCC56CCCN5CCC6)nc(N5C6CCC5CN(C)C6)c4c4cn(C)nc34)c12. The summed E-state index contributed by atoms with van der Waals surface area (Å²) in [5.41, 5.74) is 2.91. The van der Waals surface area contributed by atoms with Gasteiger partial charge < -0.3 is 9.80 Å². The number of halogens is 2. The molecule has 246 valence electrons. The molecule has 9 heteroatoms. The number of aromatic nitrogens is 4. The van der Waals surface area contributed by atoms with Gasteiger partial charge in [0.2, 0.25) is 0 Å². The van der Waals surface area contributed by atoms with Crippen molar-refractivity contribution in [3.8, 4) is 23.5 Å².